The molecule has 5 nitrogen and oxygen atoms in total. The number of allylic oxidation sites excluding steroid dienone is 1. The normalized spacial score (nSPS) is 17.2. The Balaban J connectivity index is 1.54. The van der Waals surface area contributed by atoms with Crippen LogP contribution in [0, 0.1) is 26.2 Å². The Morgan fingerprint density at radius 3 is 2.53 bits per heavy atom. The van der Waals surface area contributed by atoms with Gasteiger partial charge in [-0.3, -0.25) is 10.2 Å². The molecule has 1 saturated heterocycles. The van der Waals surface area contributed by atoms with Crippen LogP contribution in [0.4, 0.5) is 0 Å². The topological polar surface area (TPSA) is 72.3 Å². The van der Waals surface area contributed by atoms with E-state index in [9.17, 15) is 4.79 Å². The van der Waals surface area contributed by atoms with Crippen LogP contribution in [0.25, 0.3) is 6.08 Å². The number of ketones is 1. The number of Topliss-reactive ketones (excluding diaryl/α,β-unsaturated/α-hetero) is 1. The number of aromatic nitrogens is 1. The predicted molar refractivity (Wildman–Crippen MR) is 131 cm³/mol. The average Bonchev–Trinajstić information content (AvgIpc) is 3.36. The molecule has 32 heavy (non-hydrogen) atoms. The van der Waals surface area contributed by atoms with Crippen molar-refractivity contribution >= 4 is 40.0 Å². The van der Waals surface area contributed by atoms with E-state index >= 15 is 0 Å². The first-order valence-electron chi connectivity index (χ1n) is 10.2. The summed E-state index contributed by atoms with van der Waals surface area (Å²) in [4.78, 5) is 17.6. The van der Waals surface area contributed by atoms with Crippen LogP contribution in [0.3, 0.4) is 0 Å². The molecular formula is C25H24N2O3S2. The molecule has 1 fully saturated rings. The van der Waals surface area contributed by atoms with Gasteiger partial charge in [-0.15, -0.1) is 11.3 Å². The van der Waals surface area contributed by atoms with Crippen LogP contribution in [0.1, 0.15) is 38.7 Å². The van der Waals surface area contributed by atoms with E-state index in [-0.39, 0.29) is 5.78 Å². The second-order valence-corrected chi connectivity index (χ2v) is 9.73. The number of hydrogen-bond acceptors (Lipinski definition) is 7. The predicted octanol–water partition coefficient (Wildman–Crippen LogP) is 6.07. The van der Waals surface area contributed by atoms with Gasteiger partial charge in [0, 0.05) is 11.6 Å². The Hall–Kier alpha value is -2.90. The lowest BCUT2D eigenvalue weighted by Crippen LogP contribution is -2.11. The molecule has 0 unspecified atom stereocenters. The molecule has 4 rings (SSSR count). The highest BCUT2D eigenvalue weighted by atomic mass is 32.2. The number of benzene rings is 2. The smallest absolute Gasteiger partial charge is 0.186 e. The van der Waals surface area contributed by atoms with Gasteiger partial charge in [0.05, 0.1) is 17.1 Å². The quantitative estimate of drug-likeness (QED) is 0.448. The first kappa shape index (κ1) is 22.3. The van der Waals surface area contributed by atoms with Gasteiger partial charge in [0.2, 0.25) is 0 Å². The van der Waals surface area contributed by atoms with Gasteiger partial charge in [-0.25, -0.2) is 4.98 Å². The van der Waals surface area contributed by atoms with Crippen LogP contribution in [0.15, 0.2) is 46.8 Å². The first-order valence-corrected chi connectivity index (χ1v) is 11.9. The Bertz CT molecular complexity index is 1190. The number of nitrogens with zero attached hydrogens (tertiary/aromatic N) is 1. The minimum atomic E-state index is -0.586. The van der Waals surface area contributed by atoms with Crippen LogP contribution in [0.5, 0.6) is 11.5 Å². The SMILES string of the molecule is COc1cc(/C=C2\SC(=N)[C@H](c3nccs3)C2=O)ccc1OCc1c(C)cc(C)cc1C. The molecule has 2 heterocycles. The fourth-order valence-corrected chi connectivity index (χ4v) is 5.63. The maximum atomic E-state index is 12.9. The van der Waals surface area contributed by atoms with Crippen LogP contribution in [-0.2, 0) is 11.4 Å². The molecule has 2 aromatic carbocycles. The van der Waals surface area contributed by atoms with E-state index in [1.54, 1.807) is 19.4 Å². The van der Waals surface area contributed by atoms with E-state index in [2.05, 4.69) is 37.9 Å². The summed E-state index contributed by atoms with van der Waals surface area (Å²) >= 11 is 2.59. The third-order valence-electron chi connectivity index (χ3n) is 5.38. The van der Waals surface area contributed by atoms with Gasteiger partial charge in [-0.1, -0.05) is 35.5 Å². The minimum Gasteiger partial charge on any atom is -0.493 e. The van der Waals surface area contributed by atoms with E-state index in [0.717, 1.165) is 5.56 Å². The summed E-state index contributed by atoms with van der Waals surface area (Å²) in [5.74, 6) is 0.577. The zero-order chi connectivity index (χ0) is 22.8. The van der Waals surface area contributed by atoms with Gasteiger partial charge < -0.3 is 9.47 Å². The summed E-state index contributed by atoms with van der Waals surface area (Å²) in [5, 5.41) is 11.0. The molecule has 3 aromatic rings. The third kappa shape index (κ3) is 4.49. The van der Waals surface area contributed by atoms with Crippen molar-refractivity contribution in [2.45, 2.75) is 33.3 Å². The van der Waals surface area contributed by atoms with E-state index in [0.29, 0.717) is 33.1 Å². The molecule has 1 aliphatic rings. The van der Waals surface area contributed by atoms with Gasteiger partial charge in [0.25, 0.3) is 0 Å². The van der Waals surface area contributed by atoms with Crippen LogP contribution < -0.4 is 9.47 Å². The maximum absolute atomic E-state index is 12.9. The maximum Gasteiger partial charge on any atom is 0.186 e. The monoisotopic (exact) mass is 464 g/mol. The Morgan fingerprint density at radius 2 is 1.88 bits per heavy atom. The van der Waals surface area contributed by atoms with Crippen LogP contribution >= 0.6 is 23.1 Å². The number of hydrogen-bond donors (Lipinski definition) is 1. The highest BCUT2D eigenvalue weighted by molar-refractivity contribution is 8.19. The number of carbonyl (C=O) groups excluding carboxylic acids is 1. The molecular weight excluding hydrogens is 440 g/mol. The van der Waals surface area contributed by atoms with Gasteiger partial charge in [-0.05, 0) is 61.2 Å². The third-order valence-corrected chi connectivity index (χ3v) is 7.22. The van der Waals surface area contributed by atoms with Gasteiger partial charge >= 0.3 is 0 Å². The average molecular weight is 465 g/mol. The second-order valence-electron chi connectivity index (χ2n) is 7.72. The van der Waals surface area contributed by atoms with E-state index in [1.807, 2.05) is 23.6 Å². The lowest BCUT2D eigenvalue weighted by molar-refractivity contribution is -0.114. The molecule has 1 aliphatic heterocycles. The van der Waals surface area contributed by atoms with Gasteiger partial charge in [-0.2, -0.15) is 0 Å². The number of methoxy groups -OCH3 is 1. The molecule has 0 radical (unpaired) electrons. The van der Waals surface area contributed by atoms with Crippen molar-refractivity contribution in [1.29, 1.82) is 5.41 Å². The number of thiazole rings is 1. The van der Waals surface area contributed by atoms with Gasteiger partial charge in [0.15, 0.2) is 17.3 Å². The fraction of sp³-hybridized carbons (Fsp3) is 0.240. The highest BCUT2D eigenvalue weighted by Crippen LogP contribution is 2.41. The van der Waals surface area contributed by atoms with Crippen molar-refractivity contribution in [3.63, 3.8) is 0 Å². The van der Waals surface area contributed by atoms with Crippen molar-refractivity contribution in [2.75, 3.05) is 7.11 Å². The molecule has 0 bridgehead atoms. The number of ether oxygens (including phenoxy) is 2. The summed E-state index contributed by atoms with van der Waals surface area (Å²) in [6.45, 7) is 6.74. The standard InChI is InChI=1S/C25H24N2O3S2/c1-14-9-15(2)18(16(3)10-14)13-30-19-6-5-17(11-20(19)29-4)12-21-23(28)22(24(26)32-21)25-27-7-8-31-25/h5-12,22,26H,13H2,1-4H3/b21-12-,26-24?/t22-/m1/s1. The molecule has 0 spiro atoms. The first-order chi connectivity index (χ1) is 15.4. The summed E-state index contributed by atoms with van der Waals surface area (Å²) in [5.41, 5.74) is 5.64. The number of nitrogens with one attached hydrogen (secondary N) is 1. The van der Waals surface area contributed by atoms with Gasteiger partial charge in [0.1, 0.15) is 17.5 Å². The van der Waals surface area contributed by atoms with Crippen molar-refractivity contribution < 1.29 is 14.3 Å². The molecule has 164 valence electrons. The lowest BCUT2D eigenvalue weighted by Gasteiger charge is -2.15. The van der Waals surface area contributed by atoms with Crippen molar-refractivity contribution in [1.82, 2.24) is 4.98 Å². The number of thioether (sulfide) groups is 1. The molecule has 0 aliphatic carbocycles. The van der Waals surface area contributed by atoms with E-state index in [1.165, 1.54) is 45.4 Å². The van der Waals surface area contributed by atoms with Crippen LogP contribution in [-0.4, -0.2) is 22.9 Å². The molecule has 1 aromatic heterocycles. The molecule has 7 heteroatoms. The van der Waals surface area contributed by atoms with Crippen molar-refractivity contribution in [3.8, 4) is 11.5 Å². The molecule has 1 N–H and O–H groups in total. The zero-order valence-electron chi connectivity index (χ0n) is 18.4. The van der Waals surface area contributed by atoms with Crippen molar-refractivity contribution in [3.05, 3.63) is 79.6 Å². The molecule has 0 amide bonds. The summed E-state index contributed by atoms with van der Waals surface area (Å²) in [6.07, 6.45) is 3.46. The zero-order valence-corrected chi connectivity index (χ0v) is 20.0. The number of aryl methyl sites for hydroxylation is 3. The second kappa shape index (κ2) is 9.30. The summed E-state index contributed by atoms with van der Waals surface area (Å²) in [6, 6.07) is 9.92. The molecule has 1 atom stereocenters. The number of carbonyl (C=O) groups is 1. The Morgan fingerprint density at radius 1 is 1.12 bits per heavy atom. The Labute approximate surface area is 196 Å². The molecule has 0 saturated carbocycles. The summed E-state index contributed by atoms with van der Waals surface area (Å²) < 4.78 is 11.6. The number of rotatable bonds is 6. The summed E-state index contributed by atoms with van der Waals surface area (Å²) in [7, 11) is 1.60. The van der Waals surface area contributed by atoms with Crippen LogP contribution in [0.2, 0.25) is 0 Å². The minimum absolute atomic E-state index is 0.0837. The fourth-order valence-electron chi connectivity index (χ4n) is 3.82. The van der Waals surface area contributed by atoms with E-state index < -0.39 is 5.92 Å². The highest BCUT2D eigenvalue weighted by Gasteiger charge is 2.38. The largest absolute Gasteiger partial charge is 0.493 e. The van der Waals surface area contributed by atoms with Crippen molar-refractivity contribution in [2.24, 2.45) is 0 Å². The Kier molecular flexibility index (Phi) is 6.48. The lowest BCUT2D eigenvalue weighted by atomic mass is 10.0. The van der Waals surface area contributed by atoms with E-state index in [4.69, 9.17) is 14.9 Å².